The number of aromatic hydroxyl groups is 1. The number of alkyl halides is 3. The number of carbonyl (C=O) groups excluding carboxylic acids is 2. The molecule has 18 heteroatoms. The number of aromatic nitrogens is 1. The fourth-order valence-electron chi connectivity index (χ4n) is 14.0. The van der Waals surface area contributed by atoms with E-state index < -0.39 is 47.2 Å². The van der Waals surface area contributed by atoms with Crippen LogP contribution >= 0.6 is 0 Å². The Morgan fingerprint density at radius 1 is 0.868 bits per heavy atom. The molecule has 416 valence electrons. The van der Waals surface area contributed by atoms with E-state index in [9.17, 15) is 33.0 Å². The molecule has 2 saturated carbocycles. The lowest BCUT2D eigenvalue weighted by atomic mass is 9.53. The van der Waals surface area contributed by atoms with Crippen LogP contribution in [-0.4, -0.2) is 160 Å². The molecule has 7 aliphatic rings. The number of benzene rings is 2. The number of likely N-dealkylation sites (tertiary alicyclic amines) is 1. The largest absolute Gasteiger partial charge is 0.508 e. The summed E-state index contributed by atoms with van der Waals surface area (Å²) in [4.78, 5) is 39.5. The maximum Gasteiger partial charge on any atom is 0.433 e. The molecule has 6 fully saturated rings. The number of phenols is 1. The van der Waals surface area contributed by atoms with E-state index in [1.807, 2.05) is 80.8 Å². The van der Waals surface area contributed by atoms with E-state index in [-0.39, 0.29) is 48.7 Å². The van der Waals surface area contributed by atoms with E-state index in [2.05, 4.69) is 27.8 Å². The minimum atomic E-state index is -4.59. The Hall–Kier alpha value is -4.72. The van der Waals surface area contributed by atoms with Gasteiger partial charge in [0.25, 0.3) is 5.91 Å². The monoisotopic (exact) mass is 1060 g/mol. The van der Waals surface area contributed by atoms with E-state index in [0.29, 0.717) is 81.1 Å². The van der Waals surface area contributed by atoms with Crippen LogP contribution in [0.1, 0.15) is 121 Å². The van der Waals surface area contributed by atoms with Crippen molar-refractivity contribution in [1.82, 2.24) is 24.6 Å². The average Bonchev–Trinajstić information content (AvgIpc) is 4.02. The Labute approximate surface area is 445 Å². The van der Waals surface area contributed by atoms with Crippen molar-refractivity contribution in [3.8, 4) is 17.4 Å². The number of rotatable bonds is 13. The molecule has 0 bridgehead atoms. The normalized spacial score (nSPS) is 30.9. The van der Waals surface area contributed by atoms with Gasteiger partial charge in [-0.1, -0.05) is 31.2 Å². The third-order valence-corrected chi connectivity index (χ3v) is 17.9. The summed E-state index contributed by atoms with van der Waals surface area (Å²) in [6.45, 7) is 17.6. The third-order valence-electron chi connectivity index (χ3n) is 17.9. The van der Waals surface area contributed by atoms with Crippen molar-refractivity contribution >= 4 is 12.0 Å². The zero-order valence-electron chi connectivity index (χ0n) is 45.1. The number of hydrogen-bond donors (Lipinski definition) is 2. The number of piperazine rings is 1. The topological polar surface area (TPSA) is 156 Å². The zero-order valence-corrected chi connectivity index (χ0v) is 45.1. The van der Waals surface area contributed by atoms with Gasteiger partial charge in [0.2, 0.25) is 5.88 Å². The van der Waals surface area contributed by atoms with Crippen molar-refractivity contribution in [1.29, 1.82) is 0 Å². The second-order valence-electron chi connectivity index (χ2n) is 24.3. The van der Waals surface area contributed by atoms with Crippen molar-refractivity contribution in [2.45, 2.75) is 165 Å². The molecule has 3 aliphatic carbocycles. The van der Waals surface area contributed by atoms with Crippen LogP contribution in [0.5, 0.6) is 17.4 Å². The van der Waals surface area contributed by atoms with E-state index in [1.165, 1.54) is 23.3 Å². The fraction of sp³-hybridized carbons (Fsp3) is 0.672. The molecule has 2 aromatic carbocycles. The first-order chi connectivity index (χ1) is 36.0. The number of hydrogen-bond acceptors (Lipinski definition) is 13. The molecule has 2 amide bonds. The molecule has 4 saturated heterocycles. The van der Waals surface area contributed by atoms with Gasteiger partial charge in [-0.15, -0.1) is 0 Å². The lowest BCUT2D eigenvalue weighted by Crippen LogP contribution is -2.58. The molecule has 4 aliphatic heterocycles. The van der Waals surface area contributed by atoms with Gasteiger partial charge in [-0.3, -0.25) is 14.6 Å². The zero-order chi connectivity index (χ0) is 53.8. The number of phenolic OH excluding ortho intramolecular Hbond substituents is 1. The highest BCUT2D eigenvalue weighted by molar-refractivity contribution is 5.78. The van der Waals surface area contributed by atoms with Gasteiger partial charge in [0, 0.05) is 71.0 Å². The highest BCUT2D eigenvalue weighted by Crippen LogP contribution is 2.65. The molecular weight excluding hydrogens is 984 g/mol. The number of aliphatic hydroxyl groups is 1. The summed E-state index contributed by atoms with van der Waals surface area (Å²) in [6.07, 6.45) is 0.272. The molecule has 0 spiro atoms. The van der Waals surface area contributed by atoms with Crippen LogP contribution in [0.15, 0.2) is 60.7 Å². The van der Waals surface area contributed by atoms with E-state index in [0.717, 1.165) is 76.5 Å². The summed E-state index contributed by atoms with van der Waals surface area (Å²) in [5.74, 6) is 1.09. The second kappa shape index (κ2) is 21.5. The molecule has 3 aromatic rings. The average molecular weight is 1060 g/mol. The molecule has 9 atom stereocenters. The van der Waals surface area contributed by atoms with Crippen LogP contribution < -0.4 is 9.47 Å². The minimum absolute atomic E-state index is 0.0911. The Morgan fingerprint density at radius 2 is 1.59 bits per heavy atom. The molecule has 0 radical (unpaired) electrons. The quantitative estimate of drug-likeness (QED) is 0.168. The number of halogens is 3. The summed E-state index contributed by atoms with van der Waals surface area (Å²) in [5.41, 5.74) is 0.870. The Balaban J connectivity index is 0.664. The maximum atomic E-state index is 13.9. The Morgan fingerprint density at radius 3 is 2.32 bits per heavy atom. The SMILES string of the molecule is CC(C)(C)OC(=O)N(CC[C@]1(O)CC[C@H]2[C@@H]3CCc4cc(O)ccc4[C@H]3CC[C@@]21C)C1CCN(C(=O)COc2ccc(CN3CCN(C[C@H]4OC[C@H](Oc5cccc(C(F)(F)F)n5)[C@H]5OC(C)(C)O[C@H]54)CC3)cc2)CC1. The van der Waals surface area contributed by atoms with Crippen LogP contribution in [-0.2, 0) is 42.9 Å². The van der Waals surface area contributed by atoms with Gasteiger partial charge in [0.05, 0.1) is 18.3 Å². The van der Waals surface area contributed by atoms with E-state index >= 15 is 0 Å². The summed E-state index contributed by atoms with van der Waals surface area (Å²) < 4.78 is 76.7. The minimum Gasteiger partial charge on any atom is -0.508 e. The number of piperidine rings is 1. The molecule has 76 heavy (non-hydrogen) atoms. The van der Waals surface area contributed by atoms with Crippen molar-refractivity contribution in [3.63, 3.8) is 0 Å². The van der Waals surface area contributed by atoms with Gasteiger partial charge in [0.1, 0.15) is 35.0 Å². The lowest BCUT2D eigenvalue weighted by molar-refractivity contribution is -0.156. The maximum absolute atomic E-state index is 13.9. The van der Waals surface area contributed by atoms with Gasteiger partial charge in [-0.25, -0.2) is 9.78 Å². The number of nitrogens with zero attached hydrogens (tertiary/aromatic N) is 5. The third kappa shape index (κ3) is 11.8. The van der Waals surface area contributed by atoms with Crippen LogP contribution in [0.4, 0.5) is 18.0 Å². The first kappa shape index (κ1) is 54.6. The van der Waals surface area contributed by atoms with Crippen LogP contribution in [0.25, 0.3) is 0 Å². The van der Waals surface area contributed by atoms with E-state index in [4.69, 9.17) is 28.4 Å². The number of ether oxygens (including phenoxy) is 6. The standard InChI is InChI=1S/C58H78F3N5O10/c1-54(2,3)76-53(69)66(27-24-57(70)23-19-45-44-16-12-38-32-40(67)13-17-42(38)43(44)18-22-56(45,57)6)39-20-25-65(26-21-39)50(68)36-71-41-14-10-37(11-15-41)33-63-28-30-64(31-29-63)34-46-51-52(75-55(4,5)74-51)47(35-72-46)73-49-9-7-8-48(62-49)58(59,60)61/h7-11,13-15,17,32,39,43-47,51-52,67,70H,12,16,18-31,33-36H2,1-6H3/t43-,44-,45+,46-,47+,51+,52-,56+,57-/m1/s1. The molecule has 10 rings (SSSR count). The predicted molar refractivity (Wildman–Crippen MR) is 276 cm³/mol. The molecule has 0 unspecified atom stereocenters. The van der Waals surface area contributed by atoms with E-state index in [1.54, 1.807) is 0 Å². The highest BCUT2D eigenvalue weighted by Gasteiger charge is 2.61. The number of pyridine rings is 1. The first-order valence-corrected chi connectivity index (χ1v) is 27.7. The molecular formula is C58H78F3N5O10. The summed E-state index contributed by atoms with van der Waals surface area (Å²) in [6, 6.07) is 17.2. The fourth-order valence-corrected chi connectivity index (χ4v) is 14.0. The van der Waals surface area contributed by atoms with Crippen LogP contribution in [0, 0.1) is 17.3 Å². The molecule has 2 N–H and O–H groups in total. The number of fused-ring (bicyclic) bond motifs is 6. The summed E-state index contributed by atoms with van der Waals surface area (Å²) in [7, 11) is 0. The number of carbonyl (C=O) groups is 2. The first-order valence-electron chi connectivity index (χ1n) is 27.7. The van der Waals surface area contributed by atoms with Gasteiger partial charge < -0.3 is 48.4 Å². The summed E-state index contributed by atoms with van der Waals surface area (Å²) >= 11 is 0. The smallest absolute Gasteiger partial charge is 0.433 e. The number of aryl methyl sites for hydroxylation is 1. The summed E-state index contributed by atoms with van der Waals surface area (Å²) in [5, 5.41) is 22.8. The Kier molecular flexibility index (Phi) is 15.4. The highest BCUT2D eigenvalue weighted by atomic mass is 19.4. The van der Waals surface area contributed by atoms with Gasteiger partial charge >= 0.3 is 12.3 Å². The van der Waals surface area contributed by atoms with Gasteiger partial charge in [-0.05, 0) is 163 Å². The van der Waals surface area contributed by atoms with Crippen molar-refractivity contribution < 1.29 is 61.4 Å². The molecule has 1 aromatic heterocycles. The van der Waals surface area contributed by atoms with Gasteiger partial charge in [0.15, 0.2) is 18.5 Å². The second-order valence-corrected chi connectivity index (χ2v) is 24.3. The predicted octanol–water partition coefficient (Wildman–Crippen LogP) is 8.57. The number of amides is 2. The lowest BCUT2D eigenvalue weighted by Gasteiger charge is -2.53. The van der Waals surface area contributed by atoms with Crippen molar-refractivity contribution in [2.24, 2.45) is 17.3 Å². The van der Waals surface area contributed by atoms with Crippen LogP contribution in [0.3, 0.4) is 0 Å². The van der Waals surface area contributed by atoms with Crippen molar-refractivity contribution in [3.05, 3.63) is 83.0 Å². The van der Waals surface area contributed by atoms with Gasteiger partial charge in [-0.2, -0.15) is 13.2 Å². The van der Waals surface area contributed by atoms with Crippen molar-refractivity contribution in [2.75, 3.05) is 65.6 Å². The molecule has 5 heterocycles. The Bertz CT molecular complexity index is 2530. The van der Waals surface area contributed by atoms with Crippen LogP contribution in [0.2, 0.25) is 0 Å². The molecule has 15 nitrogen and oxygen atoms in total.